The minimum Gasteiger partial charge on any atom is -0.135 e. The highest BCUT2D eigenvalue weighted by molar-refractivity contribution is 7.56. The van der Waals surface area contributed by atoms with E-state index in [9.17, 15) is 0 Å². The average molecular weight is 186 g/mol. The average Bonchev–Trinajstić information content (AvgIpc) is 2.04. The number of hydrogen-bond acceptors (Lipinski definition) is 1. The number of hydrogen-bond donors (Lipinski definition) is 1. The first-order valence-corrected chi connectivity index (χ1v) is 4.60. The summed E-state index contributed by atoms with van der Waals surface area (Å²) in [7, 11) is 2.72. The van der Waals surface area contributed by atoms with Crippen molar-refractivity contribution in [3.8, 4) is 0 Å². The van der Waals surface area contributed by atoms with Crippen molar-refractivity contribution >= 4 is 27.4 Å². The molecule has 0 fully saturated rings. The first kappa shape index (κ1) is 9.05. The van der Waals surface area contributed by atoms with Gasteiger partial charge in [0, 0.05) is 12.8 Å². The molecule has 0 heterocycles. The Morgan fingerprint density at radius 1 is 1.45 bits per heavy atom. The van der Waals surface area contributed by atoms with Gasteiger partial charge in [0.25, 0.3) is 0 Å². The minimum absolute atomic E-state index is 0.348. The van der Waals surface area contributed by atoms with Crippen LogP contribution < -0.4 is 10.0 Å². The normalized spacial score (nSPS) is 13.0. The molecule has 0 radical (unpaired) electrons. The van der Waals surface area contributed by atoms with E-state index in [4.69, 9.17) is 0 Å². The zero-order valence-corrected chi connectivity index (χ0v) is 8.62. The maximum atomic E-state index is 3.27. The predicted molar refractivity (Wildman–Crippen MR) is 57.5 cm³/mol. The monoisotopic (exact) mass is 186 g/mol. The molecule has 1 aromatic rings. The topological polar surface area (TPSA) is 12.0 Å². The van der Waals surface area contributed by atoms with E-state index >= 15 is 0 Å². The molecular formula is C8H13NPS+. The van der Waals surface area contributed by atoms with Gasteiger partial charge in [0.05, 0.1) is 6.04 Å². The van der Waals surface area contributed by atoms with Crippen molar-refractivity contribution in [2.75, 3.05) is 0 Å². The van der Waals surface area contributed by atoms with Gasteiger partial charge in [0.2, 0.25) is 0 Å². The van der Waals surface area contributed by atoms with E-state index in [1.807, 2.05) is 12.1 Å². The summed E-state index contributed by atoms with van der Waals surface area (Å²) < 4.78 is 3.01. The van der Waals surface area contributed by atoms with E-state index in [2.05, 4.69) is 45.8 Å². The Kier molecular flexibility index (Phi) is 3.38. The van der Waals surface area contributed by atoms with Crippen LogP contribution in [-0.4, -0.2) is 0 Å². The van der Waals surface area contributed by atoms with Gasteiger partial charge in [-0.25, -0.2) is 0 Å². The SMILES string of the molecule is CC(N[SH2+])c1ccccc1P. The second kappa shape index (κ2) is 4.10. The van der Waals surface area contributed by atoms with E-state index < -0.39 is 0 Å². The van der Waals surface area contributed by atoms with Crippen LogP contribution in [0.25, 0.3) is 0 Å². The molecule has 11 heavy (non-hydrogen) atoms. The van der Waals surface area contributed by atoms with Crippen molar-refractivity contribution < 1.29 is 0 Å². The maximum absolute atomic E-state index is 3.27. The highest BCUT2D eigenvalue weighted by atomic mass is 32.1. The molecule has 1 aromatic carbocycles. The molecule has 0 aliphatic rings. The van der Waals surface area contributed by atoms with Crippen LogP contribution in [-0.2, 0) is 12.8 Å². The van der Waals surface area contributed by atoms with Gasteiger partial charge in [-0.2, -0.15) is 0 Å². The Morgan fingerprint density at radius 2 is 2.09 bits per heavy atom. The quantitative estimate of drug-likeness (QED) is 0.531. The molecule has 0 aliphatic heterocycles. The first-order valence-electron chi connectivity index (χ1n) is 3.52. The van der Waals surface area contributed by atoms with Gasteiger partial charge in [-0.3, -0.25) is 0 Å². The number of nitrogens with one attached hydrogen (secondary N) is 1. The van der Waals surface area contributed by atoms with Crippen molar-refractivity contribution in [3.63, 3.8) is 0 Å². The lowest BCUT2D eigenvalue weighted by molar-refractivity contribution is 0.763. The smallest absolute Gasteiger partial charge is 0.0749 e. The molecule has 2 atom stereocenters. The molecule has 1 nitrogen and oxygen atoms in total. The van der Waals surface area contributed by atoms with Crippen LogP contribution in [0.15, 0.2) is 24.3 Å². The fourth-order valence-electron chi connectivity index (χ4n) is 0.983. The second-order valence-corrected chi connectivity index (χ2v) is 3.41. The molecule has 0 aromatic heterocycles. The molecule has 0 bridgehead atoms. The predicted octanol–water partition coefficient (Wildman–Crippen LogP) is 0.764. The summed E-state index contributed by atoms with van der Waals surface area (Å²) in [5, 5.41) is 1.24. The maximum Gasteiger partial charge on any atom is 0.0749 e. The Labute approximate surface area is 75.3 Å². The van der Waals surface area contributed by atoms with Gasteiger partial charge in [-0.05, 0) is 17.8 Å². The minimum atomic E-state index is 0.348. The van der Waals surface area contributed by atoms with Crippen LogP contribution in [0, 0.1) is 0 Å². The zero-order chi connectivity index (χ0) is 8.27. The lowest BCUT2D eigenvalue weighted by Gasteiger charge is -2.08. The molecule has 3 heteroatoms. The lowest BCUT2D eigenvalue weighted by Crippen LogP contribution is -2.16. The van der Waals surface area contributed by atoms with Crippen molar-refractivity contribution in [1.29, 1.82) is 0 Å². The largest absolute Gasteiger partial charge is 0.135 e. The lowest BCUT2D eigenvalue weighted by atomic mass is 10.1. The Bertz CT molecular complexity index is 239. The third kappa shape index (κ3) is 2.19. The molecule has 2 unspecified atom stereocenters. The molecule has 0 aliphatic carbocycles. The molecule has 1 rings (SSSR count). The van der Waals surface area contributed by atoms with Gasteiger partial charge in [-0.1, -0.05) is 24.3 Å². The summed E-state index contributed by atoms with van der Waals surface area (Å²) in [5.41, 5.74) is 1.30. The standard InChI is InChI=1S/C8H12NPS/c1-6(9-11)7-4-2-3-5-8(7)10/h2-6,9,11H,10H2,1H3/p+1. The molecule has 0 amide bonds. The van der Waals surface area contributed by atoms with Gasteiger partial charge < -0.3 is 0 Å². The third-order valence-corrected chi connectivity index (χ3v) is 2.64. The van der Waals surface area contributed by atoms with E-state index in [1.54, 1.807) is 0 Å². The van der Waals surface area contributed by atoms with Crippen molar-refractivity contribution in [1.82, 2.24) is 4.72 Å². The van der Waals surface area contributed by atoms with E-state index in [0.29, 0.717) is 6.04 Å². The van der Waals surface area contributed by atoms with Gasteiger partial charge in [-0.15, -0.1) is 14.0 Å². The van der Waals surface area contributed by atoms with Crippen molar-refractivity contribution in [2.24, 2.45) is 0 Å². The van der Waals surface area contributed by atoms with Crippen molar-refractivity contribution in [2.45, 2.75) is 13.0 Å². The summed E-state index contributed by atoms with van der Waals surface area (Å²) in [6, 6.07) is 8.62. The number of benzene rings is 1. The highest BCUT2D eigenvalue weighted by Crippen LogP contribution is 2.10. The fraction of sp³-hybridized carbons (Fsp3) is 0.250. The molecular weight excluding hydrogens is 173 g/mol. The fourth-order valence-corrected chi connectivity index (χ4v) is 1.60. The summed E-state index contributed by atoms with van der Waals surface area (Å²) in [5.74, 6) is 0. The van der Waals surface area contributed by atoms with Crippen molar-refractivity contribution in [3.05, 3.63) is 29.8 Å². The van der Waals surface area contributed by atoms with Gasteiger partial charge >= 0.3 is 0 Å². The Morgan fingerprint density at radius 3 is 2.64 bits per heavy atom. The summed E-state index contributed by atoms with van der Waals surface area (Å²) in [6.07, 6.45) is 0. The third-order valence-electron chi connectivity index (χ3n) is 1.68. The number of rotatable bonds is 2. The molecule has 0 saturated heterocycles. The molecule has 1 N–H and O–H groups in total. The summed E-state index contributed by atoms with van der Waals surface area (Å²) >= 11 is 3.27. The van der Waals surface area contributed by atoms with Crippen LogP contribution in [0.1, 0.15) is 18.5 Å². The van der Waals surface area contributed by atoms with Crippen LogP contribution in [0.5, 0.6) is 0 Å². The Balaban J connectivity index is 2.93. The van der Waals surface area contributed by atoms with Gasteiger partial charge in [0.15, 0.2) is 0 Å². The highest BCUT2D eigenvalue weighted by Gasteiger charge is 2.06. The zero-order valence-electron chi connectivity index (χ0n) is 6.46. The summed E-state index contributed by atoms with van der Waals surface area (Å²) in [6.45, 7) is 2.11. The molecule has 0 spiro atoms. The van der Waals surface area contributed by atoms with E-state index in [0.717, 1.165) is 0 Å². The summed E-state index contributed by atoms with van der Waals surface area (Å²) in [4.78, 5) is 0. The van der Waals surface area contributed by atoms with Crippen LogP contribution in [0.4, 0.5) is 0 Å². The second-order valence-electron chi connectivity index (χ2n) is 2.49. The molecule has 60 valence electrons. The van der Waals surface area contributed by atoms with Crippen LogP contribution in [0.3, 0.4) is 0 Å². The Hall–Kier alpha value is -0.0400. The molecule has 0 saturated carbocycles. The van der Waals surface area contributed by atoms with Crippen LogP contribution in [0.2, 0.25) is 0 Å². The first-order chi connectivity index (χ1) is 5.25. The van der Waals surface area contributed by atoms with Gasteiger partial charge in [0.1, 0.15) is 0 Å². The van der Waals surface area contributed by atoms with E-state index in [1.165, 1.54) is 10.9 Å². The van der Waals surface area contributed by atoms with Crippen LogP contribution >= 0.6 is 9.24 Å². The van der Waals surface area contributed by atoms with E-state index in [-0.39, 0.29) is 0 Å².